The molecule has 1 aromatic carbocycles. The molecule has 0 bridgehead atoms. The van der Waals surface area contributed by atoms with E-state index in [1.165, 1.54) is 23.1 Å². The number of nitrogens with zero attached hydrogens (tertiary/aromatic N) is 2. The first-order valence-corrected chi connectivity index (χ1v) is 5.84. The number of amides is 2. The second-order valence-corrected chi connectivity index (χ2v) is 4.13. The van der Waals surface area contributed by atoms with Gasteiger partial charge in [0.25, 0.3) is 0 Å². The molecule has 2 rings (SSSR count). The van der Waals surface area contributed by atoms with E-state index in [1.807, 2.05) is 0 Å². The number of para-hydroxylation sites is 1. The largest absolute Gasteiger partial charge is 0.418 e. The van der Waals surface area contributed by atoms with Gasteiger partial charge in [-0.15, -0.1) is 0 Å². The van der Waals surface area contributed by atoms with Crippen LogP contribution >= 0.6 is 0 Å². The first kappa shape index (κ1) is 13.7. The maximum atomic E-state index is 12.8. The van der Waals surface area contributed by atoms with Crippen molar-refractivity contribution in [3.05, 3.63) is 29.8 Å². The first-order chi connectivity index (χ1) is 8.98. The number of hydrogen-bond donors (Lipinski definition) is 1. The average Bonchev–Trinajstić information content (AvgIpc) is 2.39. The Morgan fingerprint density at radius 2 is 1.84 bits per heavy atom. The second kappa shape index (κ2) is 5.48. The predicted molar refractivity (Wildman–Crippen MR) is 63.9 cm³/mol. The van der Waals surface area contributed by atoms with Gasteiger partial charge in [-0.25, -0.2) is 10.1 Å². The quantitative estimate of drug-likeness (QED) is 0.836. The zero-order chi connectivity index (χ0) is 13.9. The van der Waals surface area contributed by atoms with Gasteiger partial charge in [-0.2, -0.15) is 13.2 Å². The Hall–Kier alpha value is -1.76. The minimum absolute atomic E-state index is 0.220. The molecule has 103 valence electrons. The molecule has 0 saturated carbocycles. The third-order valence-corrected chi connectivity index (χ3v) is 2.82. The lowest BCUT2D eigenvalue weighted by Gasteiger charge is -2.27. The number of nitrogens with one attached hydrogen (secondary N) is 1. The van der Waals surface area contributed by atoms with Gasteiger partial charge < -0.3 is 10.2 Å². The minimum atomic E-state index is -4.49. The van der Waals surface area contributed by atoms with Gasteiger partial charge >= 0.3 is 12.2 Å². The Morgan fingerprint density at radius 3 is 2.47 bits per heavy atom. The van der Waals surface area contributed by atoms with Crippen molar-refractivity contribution in [2.24, 2.45) is 0 Å². The number of benzene rings is 1. The molecule has 7 heteroatoms. The molecule has 0 unspecified atom stereocenters. The lowest BCUT2D eigenvalue weighted by Crippen LogP contribution is -2.45. The molecule has 0 spiro atoms. The third-order valence-electron chi connectivity index (χ3n) is 2.82. The standard InChI is InChI=1S/C12H13F3N3O/c13-12(14,15)9-3-1-2-4-10(9)17-11(19)18-7-5-16-6-8-18/h1-4H,5-8H2,(H,17,19). The first-order valence-electron chi connectivity index (χ1n) is 5.84. The summed E-state index contributed by atoms with van der Waals surface area (Å²) in [7, 11) is 0. The average molecular weight is 272 g/mol. The SMILES string of the molecule is O=C(Nc1ccccc1C(F)(F)F)N1CC[N]CC1. The molecule has 1 heterocycles. The number of rotatable bonds is 1. The highest BCUT2D eigenvalue weighted by atomic mass is 19.4. The van der Waals surface area contributed by atoms with Crippen LogP contribution in [0.4, 0.5) is 23.7 Å². The van der Waals surface area contributed by atoms with Crippen LogP contribution in [0.3, 0.4) is 0 Å². The van der Waals surface area contributed by atoms with Gasteiger partial charge in [0.1, 0.15) is 0 Å². The number of urea groups is 1. The number of piperazine rings is 1. The molecule has 1 radical (unpaired) electrons. The highest BCUT2D eigenvalue weighted by Gasteiger charge is 2.33. The van der Waals surface area contributed by atoms with Gasteiger partial charge in [0.15, 0.2) is 0 Å². The fourth-order valence-electron chi connectivity index (χ4n) is 1.84. The fraction of sp³-hybridized carbons (Fsp3) is 0.417. The number of anilines is 1. The van der Waals surface area contributed by atoms with Crippen molar-refractivity contribution in [1.82, 2.24) is 10.2 Å². The third kappa shape index (κ3) is 3.37. The van der Waals surface area contributed by atoms with Crippen molar-refractivity contribution < 1.29 is 18.0 Å². The molecular weight excluding hydrogens is 259 g/mol. The van der Waals surface area contributed by atoms with E-state index in [9.17, 15) is 18.0 Å². The summed E-state index contributed by atoms with van der Waals surface area (Å²) in [5.74, 6) is 0. The summed E-state index contributed by atoms with van der Waals surface area (Å²) in [6, 6.07) is 4.41. The Balaban J connectivity index is 2.12. The van der Waals surface area contributed by atoms with Crippen LogP contribution in [0.2, 0.25) is 0 Å². The van der Waals surface area contributed by atoms with Gasteiger partial charge in [0.2, 0.25) is 0 Å². The van der Waals surface area contributed by atoms with Crippen molar-refractivity contribution in [3.8, 4) is 0 Å². The molecule has 1 aromatic rings. The van der Waals surface area contributed by atoms with Crippen molar-refractivity contribution in [1.29, 1.82) is 0 Å². The maximum absolute atomic E-state index is 12.8. The molecule has 1 fully saturated rings. The van der Waals surface area contributed by atoms with Crippen LogP contribution in [0.1, 0.15) is 5.56 Å². The van der Waals surface area contributed by atoms with Gasteiger partial charge in [0.05, 0.1) is 11.3 Å². The van der Waals surface area contributed by atoms with Gasteiger partial charge in [-0.1, -0.05) is 12.1 Å². The molecule has 4 nitrogen and oxygen atoms in total. The molecule has 0 aliphatic carbocycles. The molecule has 0 atom stereocenters. The van der Waals surface area contributed by atoms with Crippen LogP contribution in [0.15, 0.2) is 24.3 Å². The Morgan fingerprint density at radius 1 is 1.21 bits per heavy atom. The molecular formula is C12H13F3N3O. The number of carbonyl (C=O) groups is 1. The van der Waals surface area contributed by atoms with Gasteiger partial charge in [-0.3, -0.25) is 0 Å². The smallest absolute Gasteiger partial charge is 0.322 e. The Bertz CT molecular complexity index is 456. The topological polar surface area (TPSA) is 46.4 Å². The van der Waals surface area contributed by atoms with Crippen molar-refractivity contribution in [2.45, 2.75) is 6.18 Å². The number of hydrogen-bond acceptors (Lipinski definition) is 1. The van der Waals surface area contributed by atoms with E-state index in [0.29, 0.717) is 26.2 Å². The fourth-order valence-corrected chi connectivity index (χ4v) is 1.84. The monoisotopic (exact) mass is 272 g/mol. The zero-order valence-corrected chi connectivity index (χ0v) is 10.1. The predicted octanol–water partition coefficient (Wildman–Crippen LogP) is 2.16. The van der Waals surface area contributed by atoms with E-state index in [1.54, 1.807) is 0 Å². The molecule has 1 aliphatic heterocycles. The maximum Gasteiger partial charge on any atom is 0.418 e. The van der Waals surface area contributed by atoms with Crippen LogP contribution in [-0.2, 0) is 6.18 Å². The molecule has 2 amide bonds. The summed E-state index contributed by atoms with van der Waals surface area (Å²) in [6.07, 6.45) is -4.49. The van der Waals surface area contributed by atoms with E-state index in [4.69, 9.17) is 0 Å². The molecule has 19 heavy (non-hydrogen) atoms. The summed E-state index contributed by atoms with van der Waals surface area (Å²) < 4.78 is 38.3. The number of carbonyl (C=O) groups excluding carboxylic acids is 1. The summed E-state index contributed by atoms with van der Waals surface area (Å²) in [5, 5.41) is 6.38. The van der Waals surface area contributed by atoms with E-state index < -0.39 is 17.8 Å². The number of alkyl halides is 3. The second-order valence-electron chi connectivity index (χ2n) is 4.13. The summed E-state index contributed by atoms with van der Waals surface area (Å²) in [5.41, 5.74) is -1.06. The molecule has 0 aromatic heterocycles. The van der Waals surface area contributed by atoms with Gasteiger partial charge in [0, 0.05) is 26.2 Å². The Labute approximate surface area is 108 Å². The van der Waals surface area contributed by atoms with Crippen LogP contribution in [0.25, 0.3) is 0 Å². The van der Waals surface area contributed by atoms with Crippen LogP contribution in [0, 0.1) is 0 Å². The lowest BCUT2D eigenvalue weighted by atomic mass is 10.1. The molecule has 1 saturated heterocycles. The van der Waals surface area contributed by atoms with Crippen LogP contribution in [-0.4, -0.2) is 37.1 Å². The van der Waals surface area contributed by atoms with E-state index in [-0.39, 0.29) is 5.69 Å². The van der Waals surface area contributed by atoms with Crippen LogP contribution in [0.5, 0.6) is 0 Å². The summed E-state index contributed by atoms with van der Waals surface area (Å²) in [6.45, 7) is 1.91. The summed E-state index contributed by atoms with van der Waals surface area (Å²) in [4.78, 5) is 13.3. The molecule has 1 aliphatic rings. The summed E-state index contributed by atoms with van der Waals surface area (Å²) >= 11 is 0. The zero-order valence-electron chi connectivity index (χ0n) is 10.1. The van der Waals surface area contributed by atoms with Crippen LogP contribution < -0.4 is 10.6 Å². The highest BCUT2D eigenvalue weighted by molar-refractivity contribution is 5.90. The van der Waals surface area contributed by atoms with Crippen molar-refractivity contribution >= 4 is 11.7 Å². The van der Waals surface area contributed by atoms with E-state index in [0.717, 1.165) is 6.07 Å². The molecule has 1 N–H and O–H groups in total. The number of halogens is 3. The lowest BCUT2D eigenvalue weighted by molar-refractivity contribution is -0.136. The van der Waals surface area contributed by atoms with Crippen molar-refractivity contribution in [2.75, 3.05) is 31.5 Å². The highest BCUT2D eigenvalue weighted by Crippen LogP contribution is 2.34. The van der Waals surface area contributed by atoms with Gasteiger partial charge in [-0.05, 0) is 12.1 Å². The van der Waals surface area contributed by atoms with Crippen molar-refractivity contribution in [3.63, 3.8) is 0 Å². The minimum Gasteiger partial charge on any atom is -0.322 e. The van der Waals surface area contributed by atoms with E-state index >= 15 is 0 Å². The van der Waals surface area contributed by atoms with E-state index in [2.05, 4.69) is 10.6 Å². The normalized spacial score (nSPS) is 16.3. The Kier molecular flexibility index (Phi) is 3.94.